The largest absolute Gasteiger partial charge is 0.471 e. The Balaban J connectivity index is 2.08. The number of halogens is 3. The molecule has 1 fully saturated rings. The topological polar surface area (TPSA) is 54.2 Å². The Morgan fingerprint density at radius 1 is 1.35 bits per heavy atom. The fourth-order valence-corrected chi connectivity index (χ4v) is 1.75. The van der Waals surface area contributed by atoms with Crippen LogP contribution in [0.3, 0.4) is 0 Å². The minimum Gasteiger partial charge on any atom is -0.329 e. The van der Waals surface area contributed by atoms with Gasteiger partial charge in [-0.2, -0.15) is 18.2 Å². The number of rotatable bonds is 2. The van der Waals surface area contributed by atoms with Crippen molar-refractivity contribution >= 4 is 0 Å². The summed E-state index contributed by atoms with van der Waals surface area (Å²) in [6.07, 6.45) is -4.57. The van der Waals surface area contributed by atoms with E-state index in [-0.39, 0.29) is 11.9 Å². The van der Waals surface area contributed by atoms with Crippen LogP contribution in [0.4, 0.5) is 13.2 Å². The standard InChI is InChI=1S/C9H13F3N4O/c1-6(16-4-2-13-3-5-16)7-14-8(17-15-7)9(10,11)12/h6,13H,2-5H2,1H3. The van der Waals surface area contributed by atoms with Crippen molar-refractivity contribution in [3.05, 3.63) is 11.7 Å². The Bertz CT molecular complexity index is 373. The average Bonchev–Trinajstić information content (AvgIpc) is 2.78. The van der Waals surface area contributed by atoms with Crippen LogP contribution in [0.2, 0.25) is 0 Å². The van der Waals surface area contributed by atoms with Crippen LogP contribution in [0, 0.1) is 0 Å². The quantitative estimate of drug-likeness (QED) is 0.850. The van der Waals surface area contributed by atoms with Gasteiger partial charge < -0.3 is 9.84 Å². The number of hydrogen-bond donors (Lipinski definition) is 1. The summed E-state index contributed by atoms with van der Waals surface area (Å²) < 4.78 is 41.1. The van der Waals surface area contributed by atoms with E-state index in [1.54, 1.807) is 6.92 Å². The first-order chi connectivity index (χ1) is 7.98. The normalized spacial score (nSPS) is 20.5. The molecular formula is C9H13F3N4O. The van der Waals surface area contributed by atoms with Crippen molar-refractivity contribution in [3.8, 4) is 0 Å². The number of nitrogens with zero attached hydrogens (tertiary/aromatic N) is 3. The Kier molecular flexibility index (Phi) is 3.34. The van der Waals surface area contributed by atoms with Crippen LogP contribution in [0.5, 0.6) is 0 Å². The van der Waals surface area contributed by atoms with Gasteiger partial charge in [-0.05, 0) is 6.92 Å². The molecular weight excluding hydrogens is 237 g/mol. The second-order valence-corrected chi connectivity index (χ2v) is 3.92. The van der Waals surface area contributed by atoms with Crippen molar-refractivity contribution < 1.29 is 17.7 Å². The second-order valence-electron chi connectivity index (χ2n) is 3.92. The number of nitrogens with one attached hydrogen (secondary N) is 1. The molecule has 0 bridgehead atoms. The van der Waals surface area contributed by atoms with E-state index < -0.39 is 12.1 Å². The van der Waals surface area contributed by atoms with Gasteiger partial charge in [-0.15, -0.1) is 0 Å². The Morgan fingerprint density at radius 2 is 2.00 bits per heavy atom. The third-order valence-electron chi connectivity index (χ3n) is 2.76. The lowest BCUT2D eigenvalue weighted by Crippen LogP contribution is -2.44. The Hall–Kier alpha value is -1.15. The van der Waals surface area contributed by atoms with Gasteiger partial charge in [0, 0.05) is 26.2 Å². The van der Waals surface area contributed by atoms with Gasteiger partial charge in [0.25, 0.3) is 0 Å². The maximum Gasteiger partial charge on any atom is 0.471 e. The summed E-state index contributed by atoms with van der Waals surface area (Å²) in [6.45, 7) is 4.92. The van der Waals surface area contributed by atoms with Gasteiger partial charge in [-0.25, -0.2) is 0 Å². The molecule has 17 heavy (non-hydrogen) atoms. The van der Waals surface area contributed by atoms with Crippen LogP contribution in [-0.4, -0.2) is 41.2 Å². The molecule has 1 atom stereocenters. The maximum absolute atomic E-state index is 12.3. The van der Waals surface area contributed by atoms with E-state index in [4.69, 9.17) is 0 Å². The van der Waals surface area contributed by atoms with E-state index in [1.807, 2.05) is 4.90 Å². The maximum atomic E-state index is 12.3. The van der Waals surface area contributed by atoms with Gasteiger partial charge in [0.05, 0.1) is 6.04 Å². The van der Waals surface area contributed by atoms with Crippen LogP contribution in [0.15, 0.2) is 4.52 Å². The molecule has 1 aromatic rings. The van der Waals surface area contributed by atoms with Crippen molar-refractivity contribution in [3.63, 3.8) is 0 Å². The molecule has 5 nitrogen and oxygen atoms in total. The lowest BCUT2D eigenvalue weighted by molar-refractivity contribution is -0.159. The summed E-state index contributed by atoms with van der Waals surface area (Å²) in [6, 6.07) is -0.267. The second kappa shape index (κ2) is 4.61. The van der Waals surface area contributed by atoms with E-state index in [0.29, 0.717) is 0 Å². The molecule has 0 aliphatic carbocycles. The molecule has 1 N–H and O–H groups in total. The van der Waals surface area contributed by atoms with E-state index in [1.165, 1.54) is 0 Å². The zero-order valence-electron chi connectivity index (χ0n) is 9.29. The van der Waals surface area contributed by atoms with Gasteiger partial charge >= 0.3 is 12.1 Å². The molecule has 96 valence electrons. The molecule has 1 saturated heterocycles. The van der Waals surface area contributed by atoms with Crippen LogP contribution in [0.25, 0.3) is 0 Å². The summed E-state index contributed by atoms with van der Waals surface area (Å²) in [5.74, 6) is -1.20. The molecule has 1 unspecified atom stereocenters. The van der Waals surface area contributed by atoms with E-state index in [0.717, 1.165) is 26.2 Å². The van der Waals surface area contributed by atoms with Crippen molar-refractivity contribution in [1.29, 1.82) is 0 Å². The summed E-state index contributed by atoms with van der Waals surface area (Å²) in [7, 11) is 0. The highest BCUT2D eigenvalue weighted by atomic mass is 19.4. The van der Waals surface area contributed by atoms with Crippen LogP contribution in [-0.2, 0) is 6.18 Å². The number of hydrogen-bond acceptors (Lipinski definition) is 5. The van der Waals surface area contributed by atoms with Gasteiger partial charge in [0.15, 0.2) is 5.82 Å². The predicted octanol–water partition coefficient (Wildman–Crippen LogP) is 1.05. The van der Waals surface area contributed by atoms with Crippen LogP contribution in [0.1, 0.15) is 24.7 Å². The molecule has 2 rings (SSSR count). The predicted molar refractivity (Wildman–Crippen MR) is 52.2 cm³/mol. The van der Waals surface area contributed by atoms with Gasteiger partial charge in [0.2, 0.25) is 0 Å². The Labute approximate surface area is 96.0 Å². The molecule has 8 heteroatoms. The first kappa shape index (κ1) is 12.3. The molecule has 1 aromatic heterocycles. The van der Waals surface area contributed by atoms with Crippen LogP contribution >= 0.6 is 0 Å². The lowest BCUT2D eigenvalue weighted by atomic mass is 10.2. The van der Waals surface area contributed by atoms with Crippen molar-refractivity contribution in [2.45, 2.75) is 19.1 Å². The van der Waals surface area contributed by atoms with Crippen molar-refractivity contribution in [2.24, 2.45) is 0 Å². The zero-order chi connectivity index (χ0) is 12.5. The molecule has 0 radical (unpaired) electrons. The third-order valence-corrected chi connectivity index (χ3v) is 2.76. The van der Waals surface area contributed by atoms with Crippen molar-refractivity contribution in [1.82, 2.24) is 20.4 Å². The fraction of sp³-hybridized carbons (Fsp3) is 0.778. The highest BCUT2D eigenvalue weighted by Crippen LogP contribution is 2.29. The monoisotopic (exact) mass is 250 g/mol. The van der Waals surface area contributed by atoms with E-state index in [9.17, 15) is 13.2 Å². The van der Waals surface area contributed by atoms with Crippen LogP contribution < -0.4 is 5.32 Å². The molecule has 1 aliphatic rings. The highest BCUT2D eigenvalue weighted by Gasteiger charge is 2.39. The zero-order valence-corrected chi connectivity index (χ0v) is 9.29. The molecule has 0 amide bonds. The summed E-state index contributed by atoms with van der Waals surface area (Å²) in [5.41, 5.74) is 0. The summed E-state index contributed by atoms with van der Waals surface area (Å²) in [5, 5.41) is 6.55. The summed E-state index contributed by atoms with van der Waals surface area (Å²) in [4.78, 5) is 5.41. The van der Waals surface area contributed by atoms with Gasteiger partial charge in [-0.3, -0.25) is 4.90 Å². The first-order valence-corrected chi connectivity index (χ1v) is 5.34. The van der Waals surface area contributed by atoms with Crippen molar-refractivity contribution in [2.75, 3.05) is 26.2 Å². The Morgan fingerprint density at radius 3 is 2.53 bits per heavy atom. The molecule has 0 spiro atoms. The molecule has 0 saturated carbocycles. The summed E-state index contributed by atoms with van der Waals surface area (Å²) >= 11 is 0. The molecule has 2 heterocycles. The highest BCUT2D eigenvalue weighted by molar-refractivity contribution is 4.96. The SMILES string of the molecule is CC(c1noc(C(F)(F)F)n1)N1CCNCC1. The number of piperazine rings is 1. The first-order valence-electron chi connectivity index (χ1n) is 5.34. The molecule has 1 aliphatic heterocycles. The minimum absolute atomic E-state index is 0.0826. The van der Waals surface area contributed by atoms with E-state index in [2.05, 4.69) is 20.0 Å². The van der Waals surface area contributed by atoms with Gasteiger partial charge in [0.1, 0.15) is 0 Å². The third kappa shape index (κ3) is 2.75. The smallest absolute Gasteiger partial charge is 0.329 e. The fourth-order valence-electron chi connectivity index (χ4n) is 1.75. The average molecular weight is 250 g/mol. The number of aromatic nitrogens is 2. The lowest BCUT2D eigenvalue weighted by Gasteiger charge is -2.30. The molecule has 0 aromatic carbocycles. The van der Waals surface area contributed by atoms with Gasteiger partial charge in [-0.1, -0.05) is 5.16 Å². The van der Waals surface area contributed by atoms with E-state index >= 15 is 0 Å². The minimum atomic E-state index is -4.57. The number of alkyl halides is 3.